The molecule has 27 heavy (non-hydrogen) atoms. The first kappa shape index (κ1) is 20.4. The van der Waals surface area contributed by atoms with Gasteiger partial charge in [-0.05, 0) is 48.4 Å². The van der Waals surface area contributed by atoms with Gasteiger partial charge in [0.05, 0.1) is 6.54 Å². The number of likely N-dealkylation sites (N-methyl/N-ethyl adjacent to an activating group) is 1. The molecular formula is C19H21F3N2O3. The third kappa shape index (κ3) is 7.47. The molecule has 2 amide bonds. The van der Waals surface area contributed by atoms with Crippen molar-refractivity contribution in [1.82, 2.24) is 10.2 Å². The third-order valence-electron chi connectivity index (χ3n) is 3.69. The first-order valence-corrected chi connectivity index (χ1v) is 8.35. The van der Waals surface area contributed by atoms with E-state index in [4.69, 9.17) is 4.74 Å². The van der Waals surface area contributed by atoms with Crippen LogP contribution in [0.15, 0.2) is 48.5 Å². The molecule has 0 aromatic heterocycles. The van der Waals surface area contributed by atoms with Gasteiger partial charge in [0.15, 0.2) is 0 Å². The van der Waals surface area contributed by atoms with Gasteiger partial charge >= 0.3 is 12.6 Å². The molecule has 1 N–H and O–H groups in total. The molecule has 2 aromatic rings. The van der Waals surface area contributed by atoms with E-state index in [0.29, 0.717) is 25.3 Å². The predicted molar refractivity (Wildman–Crippen MR) is 94.7 cm³/mol. The molecule has 8 heteroatoms. The fraction of sp³-hybridized carbons (Fsp3) is 0.316. The van der Waals surface area contributed by atoms with Crippen molar-refractivity contribution in [2.45, 2.75) is 13.0 Å². The standard InChI is InChI=1S/C19H21F3N2O3/c1-24(12-13-26-16-8-4-15(20)5-9-16)19(25)23-11-10-14-2-6-17(7-3-14)27-18(21)22/h2-9,18H,10-13H2,1H3,(H,23,25). The van der Waals surface area contributed by atoms with E-state index in [1.807, 2.05) is 0 Å². The van der Waals surface area contributed by atoms with Crippen molar-refractivity contribution in [3.8, 4) is 11.5 Å². The summed E-state index contributed by atoms with van der Waals surface area (Å²) in [6, 6.07) is 11.7. The topological polar surface area (TPSA) is 50.8 Å². The molecular weight excluding hydrogens is 361 g/mol. The normalized spacial score (nSPS) is 10.6. The predicted octanol–water partition coefficient (Wildman–Crippen LogP) is 3.69. The Morgan fingerprint density at radius 2 is 1.70 bits per heavy atom. The lowest BCUT2D eigenvalue weighted by Gasteiger charge is -2.18. The van der Waals surface area contributed by atoms with Crippen molar-refractivity contribution in [3.63, 3.8) is 0 Å². The highest BCUT2D eigenvalue weighted by Crippen LogP contribution is 2.15. The van der Waals surface area contributed by atoms with E-state index in [-0.39, 0.29) is 24.2 Å². The Morgan fingerprint density at radius 3 is 2.33 bits per heavy atom. The monoisotopic (exact) mass is 382 g/mol. The average molecular weight is 382 g/mol. The molecule has 0 saturated carbocycles. The molecule has 0 unspecified atom stereocenters. The molecule has 5 nitrogen and oxygen atoms in total. The minimum Gasteiger partial charge on any atom is -0.492 e. The van der Waals surface area contributed by atoms with Gasteiger partial charge in [-0.2, -0.15) is 8.78 Å². The SMILES string of the molecule is CN(CCOc1ccc(F)cc1)C(=O)NCCc1ccc(OC(F)F)cc1. The maximum Gasteiger partial charge on any atom is 0.387 e. The molecule has 146 valence electrons. The van der Waals surface area contributed by atoms with Crippen LogP contribution >= 0.6 is 0 Å². The molecule has 2 aromatic carbocycles. The second-order valence-electron chi connectivity index (χ2n) is 5.73. The van der Waals surface area contributed by atoms with Crippen molar-refractivity contribution in [2.24, 2.45) is 0 Å². The Bertz CT molecular complexity index is 709. The van der Waals surface area contributed by atoms with E-state index in [9.17, 15) is 18.0 Å². The molecule has 0 fully saturated rings. The molecule has 0 heterocycles. The zero-order valence-electron chi connectivity index (χ0n) is 14.8. The van der Waals surface area contributed by atoms with E-state index in [2.05, 4.69) is 10.1 Å². The highest BCUT2D eigenvalue weighted by Gasteiger charge is 2.08. The quantitative estimate of drug-likeness (QED) is 0.720. The summed E-state index contributed by atoms with van der Waals surface area (Å²) in [5.74, 6) is 0.290. The van der Waals surface area contributed by atoms with Crippen molar-refractivity contribution in [2.75, 3.05) is 26.7 Å². The third-order valence-corrected chi connectivity index (χ3v) is 3.69. The zero-order chi connectivity index (χ0) is 19.6. The Labute approximate surface area is 155 Å². The van der Waals surface area contributed by atoms with E-state index in [0.717, 1.165) is 5.56 Å². The molecule has 2 rings (SSSR count). The number of ether oxygens (including phenoxy) is 2. The van der Waals surface area contributed by atoms with Crippen LogP contribution in [0.1, 0.15) is 5.56 Å². The minimum absolute atomic E-state index is 0.0960. The van der Waals surface area contributed by atoms with Crippen LogP contribution in [0.3, 0.4) is 0 Å². The number of nitrogens with zero attached hydrogens (tertiary/aromatic N) is 1. The maximum atomic E-state index is 12.8. The van der Waals surface area contributed by atoms with Gasteiger partial charge in [0.2, 0.25) is 0 Å². The Kier molecular flexibility index (Phi) is 7.79. The summed E-state index contributed by atoms with van der Waals surface area (Å²) in [7, 11) is 1.64. The van der Waals surface area contributed by atoms with Gasteiger partial charge in [-0.3, -0.25) is 0 Å². The van der Waals surface area contributed by atoms with Crippen LogP contribution in [-0.2, 0) is 6.42 Å². The second kappa shape index (κ2) is 10.3. The summed E-state index contributed by atoms with van der Waals surface area (Å²) in [5.41, 5.74) is 0.888. The molecule has 0 atom stereocenters. The van der Waals surface area contributed by atoms with Crippen LogP contribution in [0, 0.1) is 5.82 Å². The number of hydrogen-bond acceptors (Lipinski definition) is 3. The van der Waals surface area contributed by atoms with Crippen molar-refractivity contribution < 1.29 is 27.4 Å². The second-order valence-corrected chi connectivity index (χ2v) is 5.73. The van der Waals surface area contributed by atoms with Crippen molar-refractivity contribution in [3.05, 3.63) is 59.9 Å². The average Bonchev–Trinajstić information content (AvgIpc) is 2.64. The molecule has 0 spiro atoms. The van der Waals surface area contributed by atoms with Crippen LogP contribution in [0.5, 0.6) is 11.5 Å². The van der Waals surface area contributed by atoms with Crippen molar-refractivity contribution >= 4 is 6.03 Å². The number of carbonyl (C=O) groups excluding carboxylic acids is 1. The molecule has 0 saturated heterocycles. The highest BCUT2D eigenvalue weighted by atomic mass is 19.3. The highest BCUT2D eigenvalue weighted by molar-refractivity contribution is 5.73. The first-order valence-electron chi connectivity index (χ1n) is 8.35. The van der Waals surface area contributed by atoms with E-state index < -0.39 is 6.61 Å². The molecule has 0 aliphatic rings. The van der Waals surface area contributed by atoms with Gasteiger partial charge in [0, 0.05) is 13.6 Å². The number of urea groups is 1. The number of carbonyl (C=O) groups is 1. The summed E-state index contributed by atoms with van der Waals surface area (Å²) in [5, 5.41) is 2.76. The fourth-order valence-electron chi connectivity index (χ4n) is 2.22. The van der Waals surface area contributed by atoms with Gasteiger partial charge in [0.25, 0.3) is 0 Å². The summed E-state index contributed by atoms with van der Waals surface area (Å²) in [4.78, 5) is 13.5. The molecule has 0 aliphatic carbocycles. The van der Waals surface area contributed by atoms with E-state index in [1.165, 1.54) is 41.3 Å². The summed E-state index contributed by atoms with van der Waals surface area (Å²) in [6.45, 7) is -1.81. The lowest BCUT2D eigenvalue weighted by molar-refractivity contribution is -0.0498. The van der Waals surface area contributed by atoms with Gasteiger partial charge in [-0.25, -0.2) is 9.18 Å². The van der Waals surface area contributed by atoms with Crippen molar-refractivity contribution in [1.29, 1.82) is 0 Å². The fourth-order valence-corrected chi connectivity index (χ4v) is 2.22. The van der Waals surface area contributed by atoms with E-state index in [1.54, 1.807) is 19.2 Å². The largest absolute Gasteiger partial charge is 0.492 e. The number of nitrogens with one attached hydrogen (secondary N) is 1. The van der Waals surface area contributed by atoms with Crippen LogP contribution < -0.4 is 14.8 Å². The van der Waals surface area contributed by atoms with Crippen LogP contribution in [0.4, 0.5) is 18.0 Å². The number of hydrogen-bond donors (Lipinski definition) is 1. The van der Waals surface area contributed by atoms with Gasteiger partial charge < -0.3 is 19.7 Å². The van der Waals surface area contributed by atoms with Gasteiger partial charge in [-0.15, -0.1) is 0 Å². The molecule has 0 bridgehead atoms. The molecule has 0 radical (unpaired) electrons. The Hall–Kier alpha value is -2.90. The Balaban J connectivity index is 1.64. The zero-order valence-corrected chi connectivity index (χ0v) is 14.8. The summed E-state index contributed by atoms with van der Waals surface area (Å²) < 4.78 is 46.7. The van der Waals surface area contributed by atoms with Crippen LogP contribution in [0.25, 0.3) is 0 Å². The number of alkyl halides is 2. The van der Waals surface area contributed by atoms with Crippen LogP contribution in [0.2, 0.25) is 0 Å². The minimum atomic E-state index is -2.85. The summed E-state index contributed by atoms with van der Waals surface area (Å²) in [6.07, 6.45) is 0.556. The lowest BCUT2D eigenvalue weighted by atomic mass is 10.1. The number of rotatable bonds is 9. The number of halogens is 3. The van der Waals surface area contributed by atoms with E-state index >= 15 is 0 Å². The maximum absolute atomic E-state index is 12.8. The first-order chi connectivity index (χ1) is 12.9. The number of benzene rings is 2. The van der Waals surface area contributed by atoms with Crippen LogP contribution in [-0.4, -0.2) is 44.3 Å². The van der Waals surface area contributed by atoms with Gasteiger partial charge in [0.1, 0.15) is 23.9 Å². The number of amides is 2. The summed E-state index contributed by atoms with van der Waals surface area (Å²) >= 11 is 0. The molecule has 0 aliphatic heterocycles. The Morgan fingerprint density at radius 1 is 1.07 bits per heavy atom. The van der Waals surface area contributed by atoms with Gasteiger partial charge in [-0.1, -0.05) is 12.1 Å². The smallest absolute Gasteiger partial charge is 0.387 e. The lowest BCUT2D eigenvalue weighted by Crippen LogP contribution is -2.40.